The Balaban J connectivity index is 0. The Bertz CT molecular complexity index is 53.7. The van der Waals surface area contributed by atoms with E-state index in [1.54, 1.807) is 0 Å². The molecule has 0 amide bonds. The Morgan fingerprint density at radius 1 is 1.17 bits per heavy atom. The third kappa shape index (κ3) is 49.6. The Morgan fingerprint density at radius 2 is 1.17 bits per heavy atom. The van der Waals surface area contributed by atoms with Crippen LogP contribution in [0.25, 0.3) is 0 Å². The van der Waals surface area contributed by atoms with Gasteiger partial charge in [-0.1, -0.05) is 0 Å². The molecule has 0 saturated carbocycles. The van der Waals surface area contributed by atoms with E-state index in [4.69, 9.17) is 15.8 Å². The van der Waals surface area contributed by atoms with Crippen LogP contribution in [-0.4, -0.2) is 0 Å². The van der Waals surface area contributed by atoms with E-state index in [1.807, 2.05) is 0 Å². The molecule has 0 saturated heterocycles. The summed E-state index contributed by atoms with van der Waals surface area (Å²) < 4.78 is 34.4. The van der Waals surface area contributed by atoms with Gasteiger partial charge in [-0.15, -0.1) is 0 Å². The summed E-state index contributed by atoms with van der Waals surface area (Å²) in [6, 6.07) is 0. The minimum atomic E-state index is -5.88. The summed E-state index contributed by atoms with van der Waals surface area (Å²) >= 11 is -5.88. The van der Waals surface area contributed by atoms with Crippen LogP contribution in [0.15, 0.2) is 0 Å². The van der Waals surface area contributed by atoms with E-state index < -0.39 is 15.0 Å². The van der Waals surface area contributed by atoms with Crippen molar-refractivity contribution in [3.8, 4) is 0 Å². The van der Waals surface area contributed by atoms with Gasteiger partial charge in [0.25, 0.3) is 0 Å². The van der Waals surface area contributed by atoms with Gasteiger partial charge in [-0.2, -0.15) is 0 Å². The fourth-order valence-electron chi connectivity index (χ4n) is 0. The third-order valence-corrected chi connectivity index (χ3v) is 0. The second kappa shape index (κ2) is 3.49. The first-order valence-corrected chi connectivity index (χ1v) is 3.01. The number of hydrogen-bond acceptors (Lipinski definition) is 4. The molecule has 6 heteroatoms. The molecular weight excluding hydrogens is 290 g/mol. The normalized spacial score (nSPS) is 9.83. The van der Waals surface area contributed by atoms with Gasteiger partial charge in [-0.25, -0.2) is 0 Å². The van der Waals surface area contributed by atoms with Crippen molar-refractivity contribution in [3.05, 3.63) is 0 Å². The summed E-state index contributed by atoms with van der Waals surface area (Å²) in [4.78, 5) is 0. The van der Waals surface area contributed by atoms with Crippen molar-refractivity contribution < 1.29 is 67.7 Å². The van der Waals surface area contributed by atoms with Crippen LogP contribution < -0.4 is 12.1 Å². The molecule has 0 unspecified atom stereocenters. The molecule has 0 bridgehead atoms. The van der Waals surface area contributed by atoms with Crippen molar-refractivity contribution >= 4 is 0 Å². The second-order valence-corrected chi connectivity index (χ2v) is 1.84. The molecule has 0 N–H and O–H groups in total. The SMILES string of the molecule is [Lu+3].[O]=[V]([O-])([O-])[O-]. The Hall–Kier alpha value is 1.50. The average Bonchev–Trinajstić information content (AvgIpc) is 0.722. The van der Waals surface area contributed by atoms with Gasteiger partial charge in [0, 0.05) is 0 Å². The van der Waals surface area contributed by atoms with Crippen molar-refractivity contribution in [3.63, 3.8) is 0 Å². The number of rotatable bonds is 0. The molecule has 0 radical (unpaired) electrons. The number of hydrogen-bond donors (Lipinski definition) is 0. The van der Waals surface area contributed by atoms with E-state index >= 15 is 0 Å². The Morgan fingerprint density at radius 3 is 1.17 bits per heavy atom. The van der Waals surface area contributed by atoms with Gasteiger partial charge in [0.15, 0.2) is 0 Å². The molecule has 0 spiro atoms. The molecule has 0 fully saturated rings. The summed E-state index contributed by atoms with van der Waals surface area (Å²) in [7, 11) is 0. The third-order valence-electron chi connectivity index (χ3n) is 0. The predicted octanol–water partition coefficient (Wildman–Crippen LogP) is -3.69. The molecule has 0 aliphatic carbocycles. The van der Waals surface area contributed by atoms with Crippen LogP contribution in [0, 0.1) is 36.9 Å². The summed E-state index contributed by atoms with van der Waals surface area (Å²) in [5.74, 6) is 0. The average molecular weight is 290 g/mol. The minimum absolute atomic E-state index is 0. The first-order valence-electron chi connectivity index (χ1n) is 0.730. The fraction of sp³-hybridized carbons (Fsp3) is 0. The predicted molar refractivity (Wildman–Crippen MR) is 0.686 cm³/mol. The summed E-state index contributed by atoms with van der Waals surface area (Å²) in [5, 5.41) is 0. The zero-order chi connectivity index (χ0) is 4.50. The van der Waals surface area contributed by atoms with Gasteiger partial charge in [-0.3, -0.25) is 0 Å². The summed E-state index contributed by atoms with van der Waals surface area (Å²) in [6.07, 6.45) is 0. The van der Waals surface area contributed by atoms with Crippen LogP contribution in [0.3, 0.4) is 0 Å². The fourth-order valence-corrected chi connectivity index (χ4v) is 0. The van der Waals surface area contributed by atoms with Gasteiger partial charge in [0.2, 0.25) is 0 Å². The summed E-state index contributed by atoms with van der Waals surface area (Å²) in [6.45, 7) is 0. The van der Waals surface area contributed by atoms with Crippen LogP contribution in [0.5, 0.6) is 0 Å². The van der Waals surface area contributed by atoms with E-state index in [1.165, 1.54) is 0 Å². The molecule has 0 heterocycles. The van der Waals surface area contributed by atoms with Gasteiger partial charge in [-0.05, 0) is 0 Å². The molecule has 4 nitrogen and oxygen atoms in total. The summed E-state index contributed by atoms with van der Waals surface area (Å²) in [5.41, 5.74) is 0. The van der Waals surface area contributed by atoms with Crippen molar-refractivity contribution in [1.29, 1.82) is 0 Å². The molecule has 0 aromatic heterocycles. The molecule has 6 heavy (non-hydrogen) atoms. The van der Waals surface area contributed by atoms with Gasteiger partial charge in [0.1, 0.15) is 0 Å². The molecular formula is LuO4V. The van der Waals surface area contributed by atoms with Crippen molar-refractivity contribution in [2.45, 2.75) is 0 Å². The first-order chi connectivity index (χ1) is 2.00. The van der Waals surface area contributed by atoms with Crippen molar-refractivity contribution in [2.75, 3.05) is 0 Å². The molecule has 0 aromatic rings. The monoisotopic (exact) mass is 290 g/mol. The molecule has 0 rings (SSSR count). The van der Waals surface area contributed by atoms with Crippen molar-refractivity contribution in [2.24, 2.45) is 0 Å². The van der Waals surface area contributed by atoms with E-state index in [9.17, 15) is 0 Å². The van der Waals surface area contributed by atoms with Crippen LogP contribution in [0.4, 0.5) is 0 Å². The van der Waals surface area contributed by atoms with Crippen molar-refractivity contribution in [1.82, 2.24) is 0 Å². The molecule has 0 aliphatic heterocycles. The van der Waals surface area contributed by atoms with E-state index in [0.717, 1.165) is 0 Å². The maximum absolute atomic E-state index is 8.61. The Labute approximate surface area is 66.9 Å². The van der Waals surface area contributed by atoms with E-state index in [-0.39, 0.29) is 36.9 Å². The van der Waals surface area contributed by atoms with Crippen LogP contribution >= 0.6 is 0 Å². The van der Waals surface area contributed by atoms with E-state index in [0.29, 0.717) is 0 Å². The van der Waals surface area contributed by atoms with Crippen LogP contribution in [0.2, 0.25) is 0 Å². The molecule has 0 atom stereocenters. The first kappa shape index (κ1) is 10.5. The van der Waals surface area contributed by atoms with Crippen LogP contribution in [0.1, 0.15) is 0 Å². The zero-order valence-electron chi connectivity index (χ0n) is 2.34. The Kier molecular flexibility index (Phi) is 6.10. The maximum atomic E-state index is 8.61. The molecule has 44 valence electrons. The topological polar surface area (TPSA) is 86.2 Å². The molecule has 0 aliphatic rings. The van der Waals surface area contributed by atoms with Gasteiger partial charge < -0.3 is 0 Å². The molecule has 0 aromatic carbocycles. The van der Waals surface area contributed by atoms with Gasteiger partial charge >= 0.3 is 67.7 Å². The zero-order valence-corrected chi connectivity index (χ0v) is 5.39. The standard InChI is InChI=1S/Lu.4O.V/q+3;;3*-1;. The quantitative estimate of drug-likeness (QED) is 0.460. The van der Waals surface area contributed by atoms with E-state index in [2.05, 4.69) is 0 Å². The second-order valence-electron chi connectivity index (χ2n) is 0.447. The van der Waals surface area contributed by atoms with Gasteiger partial charge in [0.05, 0.1) is 0 Å². The van der Waals surface area contributed by atoms with Crippen LogP contribution in [-0.2, 0) is 18.7 Å².